The Morgan fingerprint density at radius 1 is 0.967 bits per heavy atom. The molecule has 0 saturated heterocycles. The molecule has 0 spiro atoms. The van der Waals surface area contributed by atoms with Crippen LogP contribution >= 0.6 is 0 Å². The van der Waals surface area contributed by atoms with E-state index in [-0.39, 0.29) is 11.1 Å². The molecule has 0 fully saturated rings. The molecule has 1 N–H and O–H groups in total. The molecule has 1 unspecified atom stereocenters. The zero-order valence-corrected chi connectivity index (χ0v) is 20.8. The van der Waals surface area contributed by atoms with E-state index in [0.29, 0.717) is 5.56 Å². The molecule has 2 rings (SSSR count). The second kappa shape index (κ2) is 10.6. The third-order valence-electron chi connectivity index (χ3n) is 6.55. The van der Waals surface area contributed by atoms with Gasteiger partial charge in [-0.2, -0.15) is 0 Å². The zero-order valence-electron chi connectivity index (χ0n) is 19.8. The molecule has 0 aliphatic carbocycles. The lowest BCUT2D eigenvalue weighted by Gasteiger charge is -2.39. The molecule has 0 aliphatic rings. The Morgan fingerprint density at radius 3 is 2.23 bits per heavy atom. The van der Waals surface area contributed by atoms with Crippen LogP contribution in [0.2, 0.25) is 18.1 Å². The SMILES string of the molecule is CCCCCCCCC(O[Si](C)(C)C(C)(C)C)c1ccc2ccc(C(=O)O)cc2c1. The number of hydrogen-bond donors (Lipinski definition) is 1. The molecule has 2 aromatic rings. The van der Waals surface area contributed by atoms with Gasteiger partial charge in [0.25, 0.3) is 0 Å². The van der Waals surface area contributed by atoms with Gasteiger partial charge in [0, 0.05) is 0 Å². The van der Waals surface area contributed by atoms with Gasteiger partial charge in [0.1, 0.15) is 0 Å². The van der Waals surface area contributed by atoms with Crippen LogP contribution in [0.5, 0.6) is 0 Å². The maximum Gasteiger partial charge on any atom is 0.335 e. The van der Waals surface area contributed by atoms with Crippen LogP contribution in [0.25, 0.3) is 10.8 Å². The van der Waals surface area contributed by atoms with Gasteiger partial charge in [0.15, 0.2) is 8.32 Å². The molecule has 1 atom stereocenters. The number of carboxylic acids is 1. The summed E-state index contributed by atoms with van der Waals surface area (Å²) >= 11 is 0. The lowest BCUT2D eigenvalue weighted by molar-refractivity contribution is 0.0697. The Bertz CT molecular complexity index is 836. The predicted molar refractivity (Wildman–Crippen MR) is 130 cm³/mol. The van der Waals surface area contributed by atoms with Gasteiger partial charge in [-0.1, -0.05) is 84.4 Å². The van der Waals surface area contributed by atoms with Crippen LogP contribution in [-0.2, 0) is 4.43 Å². The van der Waals surface area contributed by atoms with Crippen molar-refractivity contribution in [1.82, 2.24) is 0 Å². The fraction of sp³-hybridized carbons (Fsp3) is 0.577. The summed E-state index contributed by atoms with van der Waals surface area (Å²) in [5.41, 5.74) is 1.50. The maximum atomic E-state index is 11.4. The average molecular weight is 429 g/mol. The van der Waals surface area contributed by atoms with Crippen LogP contribution < -0.4 is 0 Å². The summed E-state index contributed by atoms with van der Waals surface area (Å²) in [5.74, 6) is -0.886. The largest absolute Gasteiger partial charge is 0.478 e. The molecule has 0 radical (unpaired) electrons. The van der Waals surface area contributed by atoms with Crippen LogP contribution in [0.3, 0.4) is 0 Å². The Morgan fingerprint density at radius 2 is 1.60 bits per heavy atom. The van der Waals surface area contributed by atoms with E-state index in [1.54, 1.807) is 12.1 Å². The normalized spacial score (nSPS) is 13.5. The summed E-state index contributed by atoms with van der Waals surface area (Å²) in [6.07, 6.45) is 8.69. The molecule has 0 saturated carbocycles. The fourth-order valence-electron chi connectivity index (χ4n) is 3.53. The van der Waals surface area contributed by atoms with Crippen molar-refractivity contribution in [3.05, 3.63) is 47.5 Å². The number of carboxylic acid groups (broad SMARTS) is 1. The van der Waals surface area contributed by atoms with E-state index in [0.717, 1.165) is 23.6 Å². The van der Waals surface area contributed by atoms with E-state index in [2.05, 4.69) is 59.0 Å². The van der Waals surface area contributed by atoms with Gasteiger partial charge < -0.3 is 9.53 Å². The van der Waals surface area contributed by atoms with Crippen LogP contribution in [0, 0.1) is 0 Å². The maximum absolute atomic E-state index is 11.4. The summed E-state index contributed by atoms with van der Waals surface area (Å²) in [5, 5.41) is 11.5. The Kier molecular flexibility index (Phi) is 8.69. The van der Waals surface area contributed by atoms with Crippen LogP contribution in [0.4, 0.5) is 0 Å². The minimum atomic E-state index is -1.92. The topological polar surface area (TPSA) is 46.5 Å². The molecule has 2 aromatic carbocycles. The van der Waals surface area contributed by atoms with Crippen LogP contribution in [0.15, 0.2) is 36.4 Å². The van der Waals surface area contributed by atoms with E-state index in [1.165, 1.54) is 37.7 Å². The number of rotatable bonds is 11. The quantitative estimate of drug-likeness (QED) is 0.289. The van der Waals surface area contributed by atoms with Crippen molar-refractivity contribution in [3.63, 3.8) is 0 Å². The first-order valence-electron chi connectivity index (χ1n) is 11.5. The molecule has 0 aliphatic heterocycles. The highest BCUT2D eigenvalue weighted by Gasteiger charge is 2.39. The van der Waals surface area contributed by atoms with Crippen molar-refractivity contribution in [1.29, 1.82) is 0 Å². The third kappa shape index (κ3) is 6.68. The number of fused-ring (bicyclic) bond motifs is 1. The first kappa shape index (κ1) is 24.6. The molecule has 0 heterocycles. The van der Waals surface area contributed by atoms with Crippen molar-refractivity contribution in [2.24, 2.45) is 0 Å². The second-order valence-corrected chi connectivity index (χ2v) is 14.8. The average Bonchev–Trinajstić information content (AvgIpc) is 2.67. The minimum Gasteiger partial charge on any atom is -0.478 e. The molecule has 0 amide bonds. The third-order valence-corrected chi connectivity index (χ3v) is 11.0. The lowest BCUT2D eigenvalue weighted by Crippen LogP contribution is -2.41. The highest BCUT2D eigenvalue weighted by molar-refractivity contribution is 6.74. The van der Waals surface area contributed by atoms with E-state index in [9.17, 15) is 9.90 Å². The molecule has 3 nitrogen and oxygen atoms in total. The van der Waals surface area contributed by atoms with E-state index < -0.39 is 14.3 Å². The van der Waals surface area contributed by atoms with Crippen molar-refractivity contribution in [3.8, 4) is 0 Å². The summed E-state index contributed by atoms with van der Waals surface area (Å²) in [4.78, 5) is 11.4. The number of aromatic carboxylic acids is 1. The van der Waals surface area contributed by atoms with Gasteiger partial charge in [0.05, 0.1) is 11.7 Å². The van der Waals surface area contributed by atoms with Gasteiger partial charge in [-0.3, -0.25) is 0 Å². The first-order valence-corrected chi connectivity index (χ1v) is 14.4. The lowest BCUT2D eigenvalue weighted by atomic mass is 9.98. The Hall–Kier alpha value is -1.65. The number of hydrogen-bond acceptors (Lipinski definition) is 2. The highest BCUT2D eigenvalue weighted by atomic mass is 28.4. The molecule has 0 aromatic heterocycles. The predicted octanol–water partition coefficient (Wildman–Crippen LogP) is 8.35. The molecule has 0 bridgehead atoms. The van der Waals surface area contributed by atoms with E-state index >= 15 is 0 Å². The van der Waals surface area contributed by atoms with Crippen molar-refractivity contribution in [2.75, 3.05) is 0 Å². The monoisotopic (exact) mass is 428 g/mol. The summed E-state index contributed by atoms with van der Waals surface area (Å²) < 4.78 is 6.87. The van der Waals surface area contributed by atoms with E-state index in [4.69, 9.17) is 4.43 Å². The molecular formula is C26H40O3Si. The highest BCUT2D eigenvalue weighted by Crippen LogP contribution is 2.41. The van der Waals surface area contributed by atoms with E-state index in [1.807, 2.05) is 6.07 Å². The van der Waals surface area contributed by atoms with Gasteiger partial charge in [-0.05, 0) is 59.1 Å². The molecule has 30 heavy (non-hydrogen) atoms. The minimum absolute atomic E-state index is 0.0648. The van der Waals surface area contributed by atoms with Gasteiger partial charge in [0.2, 0.25) is 0 Å². The molecular weight excluding hydrogens is 388 g/mol. The molecule has 4 heteroatoms. The number of carbonyl (C=O) groups is 1. The second-order valence-electron chi connectivity index (χ2n) is 10.0. The van der Waals surface area contributed by atoms with Gasteiger partial charge >= 0.3 is 5.97 Å². The van der Waals surface area contributed by atoms with Crippen molar-refractivity contribution >= 4 is 25.1 Å². The van der Waals surface area contributed by atoms with Crippen LogP contribution in [0.1, 0.15) is 94.7 Å². The first-order chi connectivity index (χ1) is 14.0. The standard InChI is InChI=1S/C26H40O3Si/c1-7-8-9-10-11-12-13-24(29-30(5,6)26(2,3)4)21-16-14-20-15-17-22(25(27)28)19-23(20)18-21/h14-19,24H,7-13H2,1-6H3,(H,27,28). The summed E-state index contributed by atoms with van der Waals surface area (Å²) in [6, 6.07) is 11.7. The Labute approximate surface area is 184 Å². The summed E-state index contributed by atoms with van der Waals surface area (Å²) in [6.45, 7) is 13.7. The summed E-state index contributed by atoms with van der Waals surface area (Å²) in [7, 11) is -1.92. The van der Waals surface area contributed by atoms with Gasteiger partial charge in [-0.25, -0.2) is 4.79 Å². The van der Waals surface area contributed by atoms with Crippen molar-refractivity contribution in [2.45, 2.75) is 96.9 Å². The smallest absolute Gasteiger partial charge is 0.335 e. The zero-order chi connectivity index (χ0) is 22.4. The number of unbranched alkanes of at least 4 members (excludes halogenated alkanes) is 5. The molecule has 166 valence electrons. The fourth-order valence-corrected chi connectivity index (χ4v) is 4.85. The van der Waals surface area contributed by atoms with Crippen molar-refractivity contribution < 1.29 is 14.3 Å². The van der Waals surface area contributed by atoms with Crippen LogP contribution in [-0.4, -0.2) is 19.4 Å². The number of benzene rings is 2. The van der Waals surface area contributed by atoms with Gasteiger partial charge in [-0.15, -0.1) is 0 Å². The Balaban J connectivity index is 2.26.